The van der Waals surface area contributed by atoms with Gasteiger partial charge in [0.05, 0.1) is 6.54 Å². The van der Waals surface area contributed by atoms with E-state index in [1.807, 2.05) is 13.1 Å². The highest BCUT2D eigenvalue weighted by atomic mass is 16.3. The van der Waals surface area contributed by atoms with Crippen molar-refractivity contribution in [3.05, 3.63) is 23.7 Å². The molecule has 0 amide bonds. The van der Waals surface area contributed by atoms with Crippen molar-refractivity contribution in [2.24, 2.45) is 0 Å². The SMILES string of the molecule is CCCCc1ccc(CNC)o1. The number of rotatable bonds is 5. The van der Waals surface area contributed by atoms with Gasteiger partial charge in [0.15, 0.2) is 0 Å². The second kappa shape index (κ2) is 4.99. The maximum Gasteiger partial charge on any atom is 0.117 e. The molecule has 0 saturated heterocycles. The molecule has 0 fully saturated rings. The average molecular weight is 167 g/mol. The monoisotopic (exact) mass is 167 g/mol. The molecule has 2 heteroatoms. The lowest BCUT2D eigenvalue weighted by atomic mass is 10.2. The van der Waals surface area contributed by atoms with Crippen LogP contribution in [0.3, 0.4) is 0 Å². The van der Waals surface area contributed by atoms with Gasteiger partial charge in [-0.3, -0.25) is 0 Å². The van der Waals surface area contributed by atoms with Gasteiger partial charge in [-0.25, -0.2) is 0 Å². The van der Waals surface area contributed by atoms with E-state index < -0.39 is 0 Å². The number of unbranched alkanes of at least 4 members (excludes halogenated alkanes) is 1. The molecule has 12 heavy (non-hydrogen) atoms. The van der Waals surface area contributed by atoms with Crippen LogP contribution in [0.25, 0.3) is 0 Å². The molecule has 0 unspecified atom stereocenters. The smallest absolute Gasteiger partial charge is 0.117 e. The van der Waals surface area contributed by atoms with Gasteiger partial charge in [-0.15, -0.1) is 0 Å². The van der Waals surface area contributed by atoms with Gasteiger partial charge in [-0.05, 0) is 25.6 Å². The van der Waals surface area contributed by atoms with Crippen molar-refractivity contribution in [2.75, 3.05) is 7.05 Å². The van der Waals surface area contributed by atoms with E-state index >= 15 is 0 Å². The molecule has 1 rings (SSSR count). The summed E-state index contributed by atoms with van der Waals surface area (Å²) in [5.41, 5.74) is 0. The van der Waals surface area contributed by atoms with E-state index in [0.717, 1.165) is 24.5 Å². The Balaban J connectivity index is 2.41. The van der Waals surface area contributed by atoms with Crippen molar-refractivity contribution >= 4 is 0 Å². The highest BCUT2D eigenvalue weighted by Gasteiger charge is 1.99. The van der Waals surface area contributed by atoms with Gasteiger partial charge in [0.2, 0.25) is 0 Å². The summed E-state index contributed by atoms with van der Waals surface area (Å²) in [6.45, 7) is 3.02. The number of hydrogen-bond acceptors (Lipinski definition) is 2. The molecule has 0 aliphatic heterocycles. The van der Waals surface area contributed by atoms with Crippen molar-refractivity contribution in [2.45, 2.75) is 32.7 Å². The molecule has 68 valence electrons. The normalized spacial score (nSPS) is 10.5. The van der Waals surface area contributed by atoms with Crippen LogP contribution in [-0.2, 0) is 13.0 Å². The molecule has 0 bridgehead atoms. The molecular formula is C10H17NO. The summed E-state index contributed by atoms with van der Waals surface area (Å²) in [7, 11) is 1.92. The van der Waals surface area contributed by atoms with E-state index in [2.05, 4.69) is 18.3 Å². The van der Waals surface area contributed by atoms with Crippen molar-refractivity contribution in [1.82, 2.24) is 5.32 Å². The highest BCUT2D eigenvalue weighted by molar-refractivity contribution is 5.06. The third-order valence-electron chi connectivity index (χ3n) is 1.85. The third-order valence-corrected chi connectivity index (χ3v) is 1.85. The molecule has 0 saturated carbocycles. The van der Waals surface area contributed by atoms with Crippen LogP contribution in [0.1, 0.15) is 31.3 Å². The predicted octanol–water partition coefficient (Wildman–Crippen LogP) is 2.34. The second-order valence-electron chi connectivity index (χ2n) is 3.00. The molecule has 0 radical (unpaired) electrons. The Morgan fingerprint density at radius 2 is 2.08 bits per heavy atom. The fourth-order valence-corrected chi connectivity index (χ4v) is 1.18. The summed E-state index contributed by atoms with van der Waals surface area (Å²) >= 11 is 0. The van der Waals surface area contributed by atoms with Crippen LogP contribution in [0, 0.1) is 0 Å². The third kappa shape index (κ3) is 2.70. The van der Waals surface area contributed by atoms with Gasteiger partial charge in [-0.1, -0.05) is 13.3 Å². The van der Waals surface area contributed by atoms with Gasteiger partial charge < -0.3 is 9.73 Å². The number of aryl methyl sites for hydroxylation is 1. The number of hydrogen-bond donors (Lipinski definition) is 1. The lowest BCUT2D eigenvalue weighted by Gasteiger charge is -1.94. The lowest BCUT2D eigenvalue weighted by molar-refractivity contribution is 0.449. The first-order valence-electron chi connectivity index (χ1n) is 4.59. The Labute approximate surface area is 74.0 Å². The van der Waals surface area contributed by atoms with Gasteiger partial charge in [0.25, 0.3) is 0 Å². The predicted molar refractivity (Wildman–Crippen MR) is 50.1 cm³/mol. The fourth-order valence-electron chi connectivity index (χ4n) is 1.18. The molecule has 0 spiro atoms. The minimum atomic E-state index is 0.826. The van der Waals surface area contributed by atoms with Crippen molar-refractivity contribution < 1.29 is 4.42 Å². The van der Waals surface area contributed by atoms with E-state index in [0.29, 0.717) is 0 Å². The first-order valence-corrected chi connectivity index (χ1v) is 4.59. The van der Waals surface area contributed by atoms with Gasteiger partial charge >= 0.3 is 0 Å². The minimum absolute atomic E-state index is 0.826. The molecule has 0 aromatic carbocycles. The molecule has 1 aromatic rings. The van der Waals surface area contributed by atoms with Gasteiger partial charge in [-0.2, -0.15) is 0 Å². The first-order chi connectivity index (χ1) is 5.86. The average Bonchev–Trinajstić information content (AvgIpc) is 2.50. The van der Waals surface area contributed by atoms with Crippen molar-refractivity contribution in [3.63, 3.8) is 0 Å². The minimum Gasteiger partial charge on any atom is -0.465 e. The number of furan rings is 1. The van der Waals surface area contributed by atoms with Gasteiger partial charge in [0.1, 0.15) is 11.5 Å². The molecule has 0 atom stereocenters. The quantitative estimate of drug-likeness (QED) is 0.728. The lowest BCUT2D eigenvalue weighted by Crippen LogP contribution is -2.03. The Morgan fingerprint density at radius 1 is 1.33 bits per heavy atom. The van der Waals surface area contributed by atoms with E-state index in [9.17, 15) is 0 Å². The van der Waals surface area contributed by atoms with E-state index in [1.54, 1.807) is 0 Å². The summed E-state index contributed by atoms with van der Waals surface area (Å²) in [4.78, 5) is 0. The molecule has 1 heterocycles. The van der Waals surface area contributed by atoms with Crippen LogP contribution in [0.15, 0.2) is 16.5 Å². The largest absolute Gasteiger partial charge is 0.465 e. The van der Waals surface area contributed by atoms with Crippen LogP contribution in [-0.4, -0.2) is 7.05 Å². The molecule has 1 N–H and O–H groups in total. The summed E-state index contributed by atoms with van der Waals surface area (Å²) in [6.07, 6.45) is 3.51. The molecular weight excluding hydrogens is 150 g/mol. The van der Waals surface area contributed by atoms with Crippen molar-refractivity contribution in [3.8, 4) is 0 Å². The summed E-state index contributed by atoms with van der Waals surface area (Å²) < 4.78 is 5.56. The number of nitrogens with one attached hydrogen (secondary N) is 1. The van der Waals surface area contributed by atoms with E-state index in [4.69, 9.17) is 4.42 Å². The Morgan fingerprint density at radius 3 is 2.75 bits per heavy atom. The highest BCUT2D eigenvalue weighted by Crippen LogP contribution is 2.10. The summed E-state index contributed by atoms with van der Waals surface area (Å²) in [6, 6.07) is 4.11. The zero-order valence-electron chi connectivity index (χ0n) is 7.89. The van der Waals surface area contributed by atoms with Crippen LogP contribution >= 0.6 is 0 Å². The zero-order chi connectivity index (χ0) is 8.81. The van der Waals surface area contributed by atoms with Crippen molar-refractivity contribution in [1.29, 1.82) is 0 Å². The first kappa shape index (κ1) is 9.33. The van der Waals surface area contributed by atoms with Crippen LogP contribution in [0.4, 0.5) is 0 Å². The van der Waals surface area contributed by atoms with Crippen LogP contribution in [0.2, 0.25) is 0 Å². The maximum absolute atomic E-state index is 5.56. The Kier molecular flexibility index (Phi) is 3.88. The zero-order valence-corrected chi connectivity index (χ0v) is 7.89. The second-order valence-corrected chi connectivity index (χ2v) is 3.00. The van der Waals surface area contributed by atoms with Gasteiger partial charge in [0, 0.05) is 6.42 Å². The summed E-state index contributed by atoms with van der Waals surface area (Å²) in [5, 5.41) is 3.06. The van der Waals surface area contributed by atoms with Crippen LogP contribution in [0.5, 0.6) is 0 Å². The fraction of sp³-hybridized carbons (Fsp3) is 0.600. The topological polar surface area (TPSA) is 25.2 Å². The molecule has 2 nitrogen and oxygen atoms in total. The van der Waals surface area contributed by atoms with E-state index in [1.165, 1.54) is 12.8 Å². The maximum atomic E-state index is 5.56. The molecule has 0 aliphatic carbocycles. The van der Waals surface area contributed by atoms with E-state index in [-0.39, 0.29) is 0 Å². The molecule has 0 aliphatic rings. The summed E-state index contributed by atoms with van der Waals surface area (Å²) in [5.74, 6) is 2.14. The Bertz CT molecular complexity index is 217. The Hall–Kier alpha value is -0.760. The van der Waals surface area contributed by atoms with Crippen LogP contribution < -0.4 is 5.32 Å². The standard InChI is InChI=1S/C10H17NO/c1-3-4-5-9-6-7-10(12-9)8-11-2/h6-7,11H,3-5,8H2,1-2H3. The molecule has 1 aromatic heterocycles.